The zero-order valence-electron chi connectivity index (χ0n) is 15.9. The Labute approximate surface area is 162 Å². The molecule has 10 heteroatoms. The lowest BCUT2D eigenvalue weighted by atomic mass is 10.1. The van der Waals surface area contributed by atoms with Crippen LogP contribution < -0.4 is 9.80 Å². The summed E-state index contributed by atoms with van der Waals surface area (Å²) in [6.45, 7) is 6.01. The lowest BCUT2D eigenvalue weighted by Crippen LogP contribution is -2.57. The third-order valence-electron chi connectivity index (χ3n) is 4.79. The molecule has 0 amide bonds. The van der Waals surface area contributed by atoms with E-state index in [1.54, 1.807) is 23.4 Å². The zero-order chi connectivity index (χ0) is 19.5. The fraction of sp³-hybridized carbons (Fsp3) is 0.444. The largest absolute Gasteiger partial charge is 0.396 e. The minimum atomic E-state index is 0.0458. The summed E-state index contributed by atoms with van der Waals surface area (Å²) in [6.07, 6.45) is 7.01. The summed E-state index contributed by atoms with van der Waals surface area (Å²) in [6, 6.07) is 4.30. The fourth-order valence-electron chi connectivity index (χ4n) is 3.65. The van der Waals surface area contributed by atoms with E-state index in [4.69, 9.17) is 5.11 Å². The highest BCUT2D eigenvalue weighted by atomic mass is 16.3. The Morgan fingerprint density at radius 2 is 1.79 bits per heavy atom. The van der Waals surface area contributed by atoms with Crippen molar-refractivity contribution in [2.75, 3.05) is 29.5 Å². The van der Waals surface area contributed by atoms with Crippen molar-refractivity contribution in [2.24, 2.45) is 0 Å². The van der Waals surface area contributed by atoms with E-state index in [-0.39, 0.29) is 18.7 Å². The van der Waals surface area contributed by atoms with Gasteiger partial charge in [-0.15, -0.1) is 0 Å². The van der Waals surface area contributed by atoms with Gasteiger partial charge in [0.2, 0.25) is 0 Å². The lowest BCUT2D eigenvalue weighted by molar-refractivity contribution is 0.296. The highest BCUT2D eigenvalue weighted by Gasteiger charge is 2.31. The molecule has 0 spiro atoms. The highest BCUT2D eigenvalue weighted by Crippen LogP contribution is 2.25. The maximum atomic E-state index is 9.15. The van der Waals surface area contributed by atoms with Gasteiger partial charge in [0, 0.05) is 44.0 Å². The molecule has 3 aromatic rings. The van der Waals surface area contributed by atoms with E-state index in [0.717, 1.165) is 24.7 Å². The number of hydrogen-bond acceptors (Lipinski definition) is 9. The van der Waals surface area contributed by atoms with Crippen molar-refractivity contribution in [3.8, 4) is 5.95 Å². The second-order valence-corrected chi connectivity index (χ2v) is 6.87. The Morgan fingerprint density at radius 1 is 1.04 bits per heavy atom. The van der Waals surface area contributed by atoms with Crippen LogP contribution in [-0.4, -0.2) is 71.6 Å². The van der Waals surface area contributed by atoms with Gasteiger partial charge < -0.3 is 14.9 Å². The Kier molecular flexibility index (Phi) is 5.11. The number of anilines is 2. The highest BCUT2D eigenvalue weighted by molar-refractivity contribution is 5.47. The second-order valence-electron chi connectivity index (χ2n) is 6.87. The van der Waals surface area contributed by atoms with Crippen molar-refractivity contribution in [3.05, 3.63) is 43.0 Å². The third-order valence-corrected chi connectivity index (χ3v) is 4.79. The van der Waals surface area contributed by atoms with Crippen molar-refractivity contribution in [2.45, 2.75) is 32.4 Å². The molecule has 0 aliphatic carbocycles. The monoisotopic (exact) mass is 381 g/mol. The Bertz CT molecular complexity index is 905. The molecule has 1 aliphatic rings. The second kappa shape index (κ2) is 7.85. The normalized spacial score (nSPS) is 19.8. The van der Waals surface area contributed by atoms with Crippen LogP contribution >= 0.6 is 0 Å². The van der Waals surface area contributed by atoms with E-state index in [2.05, 4.69) is 53.7 Å². The Balaban J connectivity index is 1.54. The van der Waals surface area contributed by atoms with Gasteiger partial charge in [-0.3, -0.25) is 0 Å². The smallest absolute Gasteiger partial charge is 0.253 e. The van der Waals surface area contributed by atoms with E-state index in [9.17, 15) is 0 Å². The molecule has 28 heavy (non-hydrogen) atoms. The molecule has 1 saturated heterocycles. The predicted octanol–water partition coefficient (Wildman–Crippen LogP) is 0.486. The Morgan fingerprint density at radius 3 is 2.50 bits per heavy atom. The maximum absolute atomic E-state index is 9.15. The lowest BCUT2D eigenvalue weighted by Gasteiger charge is -2.45. The van der Waals surface area contributed by atoms with Gasteiger partial charge in [-0.05, 0) is 26.0 Å². The number of aromatic nitrogens is 7. The van der Waals surface area contributed by atoms with Crippen molar-refractivity contribution >= 4 is 11.6 Å². The molecule has 146 valence electrons. The summed E-state index contributed by atoms with van der Waals surface area (Å²) in [5.74, 6) is 2.92. The molecular formula is C18H23N9O. The molecule has 0 unspecified atom stereocenters. The summed E-state index contributed by atoms with van der Waals surface area (Å²) in [5.41, 5.74) is 0. The third kappa shape index (κ3) is 3.63. The molecular weight excluding hydrogens is 358 g/mol. The van der Waals surface area contributed by atoms with Gasteiger partial charge in [-0.1, -0.05) is 0 Å². The molecule has 1 N–H and O–H groups in total. The molecule has 0 aromatic carbocycles. The quantitative estimate of drug-likeness (QED) is 0.675. The van der Waals surface area contributed by atoms with E-state index >= 15 is 0 Å². The average molecular weight is 381 g/mol. The van der Waals surface area contributed by atoms with Crippen LogP contribution in [0.15, 0.2) is 37.2 Å². The van der Waals surface area contributed by atoms with Crippen molar-refractivity contribution < 1.29 is 5.11 Å². The number of aliphatic hydroxyl groups is 1. The van der Waals surface area contributed by atoms with E-state index < -0.39 is 0 Å². The fourth-order valence-corrected chi connectivity index (χ4v) is 3.65. The van der Waals surface area contributed by atoms with Crippen LogP contribution in [0.3, 0.4) is 0 Å². The van der Waals surface area contributed by atoms with Gasteiger partial charge in [0.15, 0.2) is 0 Å². The molecule has 1 fully saturated rings. The van der Waals surface area contributed by atoms with Gasteiger partial charge in [0.05, 0.1) is 6.61 Å². The number of hydrogen-bond donors (Lipinski definition) is 1. The van der Waals surface area contributed by atoms with Crippen LogP contribution in [0, 0.1) is 0 Å². The Hall–Kier alpha value is -3.14. The SMILES string of the molecule is C[C@@H]1CN(c2ccnc(-n3cncn3)n2)C[C@H](C)N1c1ccnc(CCO)n1. The van der Waals surface area contributed by atoms with Crippen molar-refractivity contribution in [1.82, 2.24) is 34.7 Å². The first-order chi connectivity index (χ1) is 13.7. The molecule has 0 radical (unpaired) electrons. The summed E-state index contributed by atoms with van der Waals surface area (Å²) in [4.78, 5) is 26.3. The van der Waals surface area contributed by atoms with Crippen LogP contribution in [0.4, 0.5) is 11.6 Å². The van der Waals surface area contributed by atoms with Gasteiger partial charge in [-0.25, -0.2) is 19.9 Å². The zero-order valence-corrected chi connectivity index (χ0v) is 15.9. The summed E-state index contributed by atoms with van der Waals surface area (Å²) < 4.78 is 1.55. The molecule has 1 aliphatic heterocycles. The van der Waals surface area contributed by atoms with E-state index in [1.165, 1.54) is 6.33 Å². The van der Waals surface area contributed by atoms with Crippen LogP contribution in [-0.2, 0) is 6.42 Å². The molecule has 4 heterocycles. The molecule has 0 bridgehead atoms. The van der Waals surface area contributed by atoms with Gasteiger partial charge in [0.25, 0.3) is 5.95 Å². The van der Waals surface area contributed by atoms with Crippen molar-refractivity contribution in [1.29, 1.82) is 0 Å². The number of rotatable bonds is 5. The van der Waals surface area contributed by atoms with Crippen LogP contribution in [0.1, 0.15) is 19.7 Å². The number of aliphatic hydroxyl groups excluding tert-OH is 1. The standard InChI is InChI=1S/C18H23N9O/c1-13-9-25(16-3-7-21-18(24-16)26-12-19-11-22-26)10-14(2)27(13)17-4-6-20-15(23-17)5-8-28/h3-4,6-7,11-14,28H,5,8-10H2,1-2H3/t13-,14+. The van der Waals surface area contributed by atoms with Crippen molar-refractivity contribution in [3.63, 3.8) is 0 Å². The summed E-state index contributed by atoms with van der Waals surface area (Å²) in [5, 5.41) is 13.3. The van der Waals surface area contributed by atoms with Crippen LogP contribution in [0.2, 0.25) is 0 Å². The molecule has 0 saturated carbocycles. The summed E-state index contributed by atoms with van der Waals surface area (Å²) >= 11 is 0. The van der Waals surface area contributed by atoms with Crippen LogP contribution in [0.5, 0.6) is 0 Å². The maximum Gasteiger partial charge on any atom is 0.253 e. The van der Waals surface area contributed by atoms with E-state index in [0.29, 0.717) is 18.2 Å². The average Bonchev–Trinajstić information content (AvgIpc) is 3.23. The molecule has 10 nitrogen and oxygen atoms in total. The predicted molar refractivity (Wildman–Crippen MR) is 103 cm³/mol. The van der Waals surface area contributed by atoms with E-state index in [1.807, 2.05) is 12.1 Å². The molecule has 2 atom stereocenters. The number of nitrogens with zero attached hydrogens (tertiary/aromatic N) is 9. The first kappa shape index (κ1) is 18.2. The topological polar surface area (TPSA) is 109 Å². The minimum Gasteiger partial charge on any atom is -0.396 e. The van der Waals surface area contributed by atoms with Gasteiger partial charge in [0.1, 0.15) is 30.1 Å². The van der Waals surface area contributed by atoms with Gasteiger partial charge in [-0.2, -0.15) is 14.8 Å². The molecule has 4 rings (SSSR count). The summed E-state index contributed by atoms with van der Waals surface area (Å²) in [7, 11) is 0. The minimum absolute atomic E-state index is 0.0458. The number of piperazine rings is 1. The first-order valence-electron chi connectivity index (χ1n) is 9.30. The first-order valence-corrected chi connectivity index (χ1v) is 9.30. The van der Waals surface area contributed by atoms with Gasteiger partial charge >= 0.3 is 0 Å². The van der Waals surface area contributed by atoms with Crippen LogP contribution in [0.25, 0.3) is 5.95 Å². The molecule has 3 aromatic heterocycles.